The molecule has 0 aliphatic heterocycles. The summed E-state index contributed by atoms with van der Waals surface area (Å²) in [6.45, 7) is 2.33. The molecule has 0 atom stereocenters. The van der Waals surface area contributed by atoms with E-state index in [-0.39, 0.29) is 16.8 Å². The van der Waals surface area contributed by atoms with Gasteiger partial charge in [0.2, 0.25) is 5.28 Å². The first-order chi connectivity index (χ1) is 8.10. The zero-order valence-electron chi connectivity index (χ0n) is 9.44. The topological polar surface area (TPSA) is 87.3 Å². The minimum atomic E-state index is -0.642. The third kappa shape index (κ3) is 3.32. The van der Waals surface area contributed by atoms with E-state index in [9.17, 15) is 4.79 Å². The van der Waals surface area contributed by atoms with Crippen molar-refractivity contribution < 1.29 is 14.3 Å². The summed E-state index contributed by atoms with van der Waals surface area (Å²) >= 11 is 5.62. The molecule has 1 aromatic rings. The van der Waals surface area contributed by atoms with Crippen LogP contribution in [0.3, 0.4) is 0 Å². The molecular formula is C10H12ClN3O3. The lowest BCUT2D eigenvalue weighted by atomic mass is 10.2. The fraction of sp³-hybridized carbons (Fsp3) is 0.300. The maximum absolute atomic E-state index is 11.5. The van der Waals surface area contributed by atoms with E-state index in [1.807, 2.05) is 6.92 Å². The molecule has 2 N–H and O–H groups in total. The average molecular weight is 258 g/mol. The largest absolute Gasteiger partial charge is 0.501 e. The molecule has 0 amide bonds. The monoisotopic (exact) mass is 257 g/mol. The lowest BCUT2D eigenvalue weighted by molar-refractivity contribution is 0.0593. The van der Waals surface area contributed by atoms with Crippen LogP contribution >= 0.6 is 11.6 Å². The first-order valence-electron chi connectivity index (χ1n) is 4.79. The standard InChI is InChI=1S/C10H12ClN3O3/c1-3-17-5-4-6-7(9(15)16-2)13-10(11)14-8(6)12/h4-5H,3H2,1-2H3,(H2,12,13,14). The summed E-state index contributed by atoms with van der Waals surface area (Å²) in [4.78, 5) is 19.0. The van der Waals surface area contributed by atoms with Crippen molar-refractivity contribution in [3.8, 4) is 0 Å². The number of nitrogen functional groups attached to an aromatic ring is 1. The number of hydrogen-bond donors (Lipinski definition) is 1. The number of anilines is 1. The molecule has 17 heavy (non-hydrogen) atoms. The second-order valence-corrected chi connectivity index (χ2v) is 3.23. The summed E-state index contributed by atoms with van der Waals surface area (Å²) in [6, 6.07) is 0. The Balaban J connectivity index is 3.20. The molecule has 0 saturated carbocycles. The summed E-state index contributed by atoms with van der Waals surface area (Å²) in [5.41, 5.74) is 5.96. The Hall–Kier alpha value is -1.82. The lowest BCUT2D eigenvalue weighted by Gasteiger charge is -2.06. The van der Waals surface area contributed by atoms with Gasteiger partial charge in [-0.1, -0.05) is 0 Å². The maximum Gasteiger partial charge on any atom is 0.357 e. The first kappa shape index (κ1) is 13.2. The van der Waals surface area contributed by atoms with Gasteiger partial charge in [0.05, 0.1) is 25.5 Å². The molecule has 0 fully saturated rings. The van der Waals surface area contributed by atoms with E-state index in [2.05, 4.69) is 14.7 Å². The van der Waals surface area contributed by atoms with Crippen molar-refractivity contribution in [3.05, 3.63) is 22.8 Å². The number of rotatable bonds is 4. The number of carbonyl (C=O) groups excluding carboxylic acids is 1. The Labute approximate surface area is 103 Å². The van der Waals surface area contributed by atoms with Gasteiger partial charge in [-0.05, 0) is 24.6 Å². The van der Waals surface area contributed by atoms with Crippen molar-refractivity contribution in [2.45, 2.75) is 6.92 Å². The zero-order valence-corrected chi connectivity index (χ0v) is 10.2. The third-order valence-corrected chi connectivity index (χ3v) is 1.99. The molecule has 0 saturated heterocycles. The van der Waals surface area contributed by atoms with Crippen LogP contribution in [-0.2, 0) is 9.47 Å². The minimum absolute atomic E-state index is 0.000882. The van der Waals surface area contributed by atoms with Crippen molar-refractivity contribution in [1.29, 1.82) is 0 Å². The molecule has 0 bridgehead atoms. The van der Waals surface area contributed by atoms with Gasteiger partial charge in [-0.2, -0.15) is 0 Å². The van der Waals surface area contributed by atoms with Crippen LogP contribution in [0.15, 0.2) is 6.26 Å². The Morgan fingerprint density at radius 3 is 2.82 bits per heavy atom. The van der Waals surface area contributed by atoms with Gasteiger partial charge in [-0.25, -0.2) is 14.8 Å². The van der Waals surface area contributed by atoms with Crippen molar-refractivity contribution in [2.24, 2.45) is 0 Å². The van der Waals surface area contributed by atoms with Crippen LogP contribution < -0.4 is 5.73 Å². The van der Waals surface area contributed by atoms with Crippen LogP contribution in [0.2, 0.25) is 5.28 Å². The number of carbonyl (C=O) groups is 1. The highest BCUT2D eigenvalue weighted by molar-refractivity contribution is 6.28. The molecular weight excluding hydrogens is 246 g/mol. The van der Waals surface area contributed by atoms with E-state index < -0.39 is 5.97 Å². The van der Waals surface area contributed by atoms with Gasteiger partial charge in [0.1, 0.15) is 5.82 Å². The minimum Gasteiger partial charge on any atom is -0.501 e. The van der Waals surface area contributed by atoms with E-state index in [0.717, 1.165) is 0 Å². The van der Waals surface area contributed by atoms with Gasteiger partial charge >= 0.3 is 5.97 Å². The lowest BCUT2D eigenvalue weighted by Crippen LogP contribution is -2.10. The number of methoxy groups -OCH3 is 1. The van der Waals surface area contributed by atoms with Crippen molar-refractivity contribution in [1.82, 2.24) is 9.97 Å². The van der Waals surface area contributed by atoms with Crippen LogP contribution in [0.1, 0.15) is 23.0 Å². The highest BCUT2D eigenvalue weighted by Gasteiger charge is 2.17. The number of halogens is 1. The summed E-state index contributed by atoms with van der Waals surface area (Å²) in [7, 11) is 1.24. The highest BCUT2D eigenvalue weighted by atomic mass is 35.5. The Bertz CT molecular complexity index is 449. The van der Waals surface area contributed by atoms with Crippen LogP contribution in [0.4, 0.5) is 5.82 Å². The van der Waals surface area contributed by atoms with Crippen LogP contribution in [0.25, 0.3) is 6.08 Å². The number of esters is 1. The Morgan fingerprint density at radius 1 is 1.53 bits per heavy atom. The van der Waals surface area contributed by atoms with Gasteiger partial charge in [-0.15, -0.1) is 0 Å². The zero-order chi connectivity index (χ0) is 12.8. The fourth-order valence-corrected chi connectivity index (χ4v) is 1.26. The SMILES string of the molecule is CCOC=Cc1c(N)nc(Cl)nc1C(=O)OC. The average Bonchev–Trinajstić information content (AvgIpc) is 2.30. The third-order valence-electron chi connectivity index (χ3n) is 1.82. The number of hydrogen-bond acceptors (Lipinski definition) is 6. The molecule has 1 rings (SSSR count). The number of nitrogens with two attached hydrogens (primary N) is 1. The molecule has 0 unspecified atom stereocenters. The van der Waals surface area contributed by atoms with Crippen LogP contribution in [0, 0.1) is 0 Å². The van der Waals surface area contributed by atoms with Crippen LogP contribution in [-0.4, -0.2) is 29.7 Å². The van der Waals surface area contributed by atoms with E-state index in [1.54, 1.807) is 0 Å². The molecule has 0 aliphatic rings. The summed E-state index contributed by atoms with van der Waals surface area (Å²) in [5, 5.41) is -0.114. The molecule has 1 aromatic heterocycles. The molecule has 0 aliphatic carbocycles. The number of ether oxygens (including phenoxy) is 2. The van der Waals surface area contributed by atoms with Crippen LogP contribution in [0.5, 0.6) is 0 Å². The fourth-order valence-electron chi connectivity index (χ4n) is 1.09. The quantitative estimate of drug-likeness (QED) is 0.500. The van der Waals surface area contributed by atoms with Gasteiger partial charge in [0.15, 0.2) is 5.69 Å². The predicted octanol–water partition coefficient (Wildman–Crippen LogP) is 1.51. The second-order valence-electron chi connectivity index (χ2n) is 2.89. The summed E-state index contributed by atoms with van der Waals surface area (Å²) < 4.78 is 9.59. The van der Waals surface area contributed by atoms with E-state index in [0.29, 0.717) is 12.2 Å². The molecule has 1 heterocycles. The second kappa shape index (κ2) is 6.05. The normalized spacial score (nSPS) is 10.5. The molecule has 0 aromatic carbocycles. The van der Waals surface area contributed by atoms with Gasteiger partial charge in [0.25, 0.3) is 0 Å². The van der Waals surface area contributed by atoms with Gasteiger partial charge < -0.3 is 15.2 Å². The Kier molecular flexibility index (Phi) is 4.71. The molecule has 0 spiro atoms. The molecule has 0 radical (unpaired) electrons. The smallest absolute Gasteiger partial charge is 0.357 e. The molecule has 6 nitrogen and oxygen atoms in total. The van der Waals surface area contributed by atoms with E-state index >= 15 is 0 Å². The Morgan fingerprint density at radius 2 is 2.24 bits per heavy atom. The molecule has 7 heteroatoms. The maximum atomic E-state index is 11.5. The van der Waals surface area contributed by atoms with Crippen molar-refractivity contribution >= 4 is 29.5 Å². The number of nitrogens with zero attached hydrogens (tertiary/aromatic N) is 2. The van der Waals surface area contributed by atoms with E-state index in [4.69, 9.17) is 22.1 Å². The first-order valence-corrected chi connectivity index (χ1v) is 5.17. The van der Waals surface area contributed by atoms with Crippen molar-refractivity contribution in [3.63, 3.8) is 0 Å². The molecule has 92 valence electrons. The van der Waals surface area contributed by atoms with E-state index in [1.165, 1.54) is 19.4 Å². The summed E-state index contributed by atoms with van der Waals surface area (Å²) in [6.07, 6.45) is 2.89. The predicted molar refractivity (Wildman–Crippen MR) is 63.5 cm³/mol. The van der Waals surface area contributed by atoms with Gasteiger partial charge in [0, 0.05) is 0 Å². The van der Waals surface area contributed by atoms with Crippen molar-refractivity contribution in [2.75, 3.05) is 19.5 Å². The summed E-state index contributed by atoms with van der Waals surface area (Å²) in [5.74, 6) is -0.557. The van der Waals surface area contributed by atoms with Gasteiger partial charge in [-0.3, -0.25) is 0 Å². The number of aromatic nitrogens is 2. The highest BCUT2D eigenvalue weighted by Crippen LogP contribution is 2.18.